The highest BCUT2D eigenvalue weighted by atomic mass is 35.5. The maximum Gasteiger partial charge on any atom is 0.323 e. The average Bonchev–Trinajstić information content (AvgIpc) is 3.40. The van der Waals surface area contributed by atoms with Crippen LogP contribution in [0.4, 0.5) is 0 Å². The van der Waals surface area contributed by atoms with Gasteiger partial charge in [-0.1, -0.05) is 71.7 Å². The highest BCUT2D eigenvalue weighted by molar-refractivity contribution is 6.30. The molecule has 0 saturated heterocycles. The van der Waals surface area contributed by atoms with E-state index >= 15 is 0 Å². The molecule has 194 valence electrons. The summed E-state index contributed by atoms with van der Waals surface area (Å²) in [5.41, 5.74) is 5.74. The molecule has 1 heterocycles. The molecule has 1 N–H and O–H groups in total. The van der Waals surface area contributed by atoms with Gasteiger partial charge >= 0.3 is 12.2 Å². The number of hydrogen-bond donors (Lipinski definition) is 1. The van der Waals surface area contributed by atoms with Crippen LogP contribution in [0.5, 0.6) is 11.5 Å². The Labute approximate surface area is 235 Å². The number of hydrazone groups is 1. The van der Waals surface area contributed by atoms with Crippen LogP contribution in [0.15, 0.2) is 120 Å². The molecule has 0 bridgehead atoms. The quantitative estimate of drug-likeness (QED) is 0.123. The van der Waals surface area contributed by atoms with E-state index in [1.54, 1.807) is 53.2 Å². The largest absolute Gasteiger partial charge is 0.446 e. The van der Waals surface area contributed by atoms with Gasteiger partial charge in [0.05, 0.1) is 11.9 Å². The van der Waals surface area contributed by atoms with E-state index in [1.807, 2.05) is 66.9 Å². The number of ether oxygens (including phenoxy) is 2. The van der Waals surface area contributed by atoms with Crippen LogP contribution >= 0.6 is 23.2 Å². The molecule has 7 nitrogen and oxygen atoms in total. The number of para-hydroxylation sites is 1. The van der Waals surface area contributed by atoms with E-state index in [0.717, 1.165) is 11.3 Å². The van der Waals surface area contributed by atoms with Crippen LogP contribution in [0.25, 0.3) is 16.9 Å². The lowest BCUT2D eigenvalue weighted by Gasteiger charge is -2.19. The van der Waals surface area contributed by atoms with Crippen LogP contribution in [0.3, 0.4) is 0 Å². The van der Waals surface area contributed by atoms with E-state index in [9.17, 15) is 4.79 Å². The van der Waals surface area contributed by atoms with Gasteiger partial charge in [-0.3, -0.25) is 4.79 Å². The molecule has 0 aliphatic rings. The van der Waals surface area contributed by atoms with Crippen molar-refractivity contribution in [3.8, 4) is 28.4 Å². The summed E-state index contributed by atoms with van der Waals surface area (Å²) in [6, 6.07) is 32.6. The molecule has 39 heavy (non-hydrogen) atoms. The van der Waals surface area contributed by atoms with Crippen LogP contribution in [-0.4, -0.2) is 28.2 Å². The van der Waals surface area contributed by atoms with Gasteiger partial charge in [-0.2, -0.15) is 10.2 Å². The maximum absolute atomic E-state index is 13.1. The summed E-state index contributed by atoms with van der Waals surface area (Å²) in [6.07, 6.45) is 2.04. The van der Waals surface area contributed by atoms with Gasteiger partial charge in [0.25, 0.3) is 0 Å². The minimum absolute atomic E-state index is 0.396. The molecule has 0 atom stereocenters. The molecular weight excluding hydrogens is 535 g/mol. The number of aromatic nitrogens is 2. The number of amides is 1. The van der Waals surface area contributed by atoms with E-state index in [0.29, 0.717) is 32.8 Å². The molecule has 0 unspecified atom stereocenters. The van der Waals surface area contributed by atoms with Crippen LogP contribution in [-0.2, 0) is 4.79 Å². The number of benzene rings is 4. The first-order valence-electron chi connectivity index (χ1n) is 11.9. The number of carbonyl (C=O) groups is 1. The zero-order valence-electron chi connectivity index (χ0n) is 20.4. The number of carbonyl (C=O) groups excluding carboxylic acids is 1. The average molecular weight is 557 g/mol. The Morgan fingerprint density at radius 1 is 0.795 bits per heavy atom. The zero-order valence-corrected chi connectivity index (χ0v) is 22.0. The van der Waals surface area contributed by atoms with Gasteiger partial charge < -0.3 is 9.47 Å². The van der Waals surface area contributed by atoms with Gasteiger partial charge in [0, 0.05) is 27.4 Å². The van der Waals surface area contributed by atoms with Crippen LogP contribution in [0, 0.1) is 0 Å². The lowest BCUT2D eigenvalue weighted by molar-refractivity contribution is -0.140. The second-order valence-electron chi connectivity index (χ2n) is 8.29. The maximum atomic E-state index is 13.1. The summed E-state index contributed by atoms with van der Waals surface area (Å²) in [5.74, 6) is 0.175. The third-order valence-corrected chi connectivity index (χ3v) is 6.02. The summed E-state index contributed by atoms with van der Waals surface area (Å²) in [5, 5.41) is 10.0. The summed E-state index contributed by atoms with van der Waals surface area (Å²) in [4.78, 5) is 13.1. The van der Waals surface area contributed by atoms with E-state index in [-0.39, 0.29) is 0 Å². The number of hydrogen-bond acceptors (Lipinski definition) is 5. The number of nitrogens with zero attached hydrogens (tertiary/aromatic N) is 3. The van der Waals surface area contributed by atoms with Gasteiger partial charge in [-0.25, -0.2) is 10.1 Å². The normalized spacial score (nSPS) is 11.1. The molecule has 5 rings (SSSR count). The molecule has 0 aliphatic heterocycles. The van der Waals surface area contributed by atoms with E-state index in [1.165, 1.54) is 6.21 Å². The predicted octanol–water partition coefficient (Wildman–Crippen LogP) is 6.78. The third-order valence-electron chi connectivity index (χ3n) is 5.52. The van der Waals surface area contributed by atoms with Crippen LogP contribution in [0.1, 0.15) is 5.56 Å². The van der Waals surface area contributed by atoms with Gasteiger partial charge in [0.15, 0.2) is 0 Å². The van der Waals surface area contributed by atoms with Crippen molar-refractivity contribution in [3.05, 3.63) is 131 Å². The summed E-state index contributed by atoms with van der Waals surface area (Å²) in [6.45, 7) is 0. The molecule has 5 aromatic rings. The monoisotopic (exact) mass is 556 g/mol. The van der Waals surface area contributed by atoms with E-state index in [4.69, 9.17) is 37.8 Å². The molecule has 0 saturated carbocycles. The fourth-order valence-electron chi connectivity index (χ4n) is 3.64. The highest BCUT2D eigenvalue weighted by Gasteiger charge is 2.23. The Hall–Kier alpha value is -4.59. The van der Waals surface area contributed by atoms with Crippen molar-refractivity contribution >= 4 is 35.3 Å². The first kappa shape index (κ1) is 26.0. The van der Waals surface area contributed by atoms with Gasteiger partial charge in [-0.15, -0.1) is 0 Å². The van der Waals surface area contributed by atoms with Gasteiger partial charge in [0.1, 0.15) is 17.2 Å². The SMILES string of the molecule is O=C(N/N=C/c1cn(-c2ccccc2)nc1-c1ccccc1)C(Oc1ccc(Cl)cc1)Oc1ccc(Cl)cc1. The van der Waals surface area contributed by atoms with Crippen molar-refractivity contribution in [2.24, 2.45) is 5.10 Å². The molecular formula is C30H22Cl2N4O3. The Balaban J connectivity index is 1.38. The number of nitrogens with one attached hydrogen (secondary N) is 1. The molecule has 1 aromatic heterocycles. The van der Waals surface area contributed by atoms with Crippen molar-refractivity contribution in [1.82, 2.24) is 15.2 Å². The fraction of sp³-hybridized carbons (Fsp3) is 0.0333. The van der Waals surface area contributed by atoms with E-state index < -0.39 is 12.2 Å². The lowest BCUT2D eigenvalue weighted by atomic mass is 10.1. The summed E-state index contributed by atoms with van der Waals surface area (Å²) < 4.78 is 13.4. The summed E-state index contributed by atoms with van der Waals surface area (Å²) in [7, 11) is 0. The van der Waals surface area contributed by atoms with Crippen molar-refractivity contribution in [2.45, 2.75) is 6.29 Å². The van der Waals surface area contributed by atoms with E-state index in [2.05, 4.69) is 10.5 Å². The molecule has 4 aromatic carbocycles. The summed E-state index contributed by atoms with van der Waals surface area (Å²) >= 11 is 12.0. The minimum atomic E-state index is -1.34. The van der Waals surface area contributed by atoms with Crippen molar-refractivity contribution < 1.29 is 14.3 Å². The lowest BCUT2D eigenvalue weighted by Crippen LogP contribution is -2.40. The Morgan fingerprint density at radius 2 is 1.33 bits per heavy atom. The fourth-order valence-corrected chi connectivity index (χ4v) is 3.89. The van der Waals surface area contributed by atoms with Crippen molar-refractivity contribution in [3.63, 3.8) is 0 Å². The first-order valence-corrected chi connectivity index (χ1v) is 12.7. The topological polar surface area (TPSA) is 77.7 Å². The number of rotatable bonds is 9. The molecule has 0 aliphatic carbocycles. The Bertz CT molecular complexity index is 1510. The highest BCUT2D eigenvalue weighted by Crippen LogP contribution is 2.23. The Kier molecular flexibility index (Phi) is 8.21. The third kappa shape index (κ3) is 6.84. The smallest absolute Gasteiger partial charge is 0.323 e. The van der Waals surface area contributed by atoms with Crippen molar-refractivity contribution in [2.75, 3.05) is 0 Å². The number of halogens is 2. The molecule has 9 heteroatoms. The van der Waals surface area contributed by atoms with Gasteiger partial charge in [0.2, 0.25) is 0 Å². The predicted molar refractivity (Wildman–Crippen MR) is 153 cm³/mol. The second-order valence-corrected chi connectivity index (χ2v) is 9.16. The van der Waals surface area contributed by atoms with Crippen LogP contribution in [0.2, 0.25) is 10.0 Å². The second kappa shape index (κ2) is 12.3. The molecule has 0 fully saturated rings. The van der Waals surface area contributed by atoms with Gasteiger partial charge in [-0.05, 0) is 60.7 Å². The first-order chi connectivity index (χ1) is 19.0. The standard InChI is InChI=1S/C30H22Cl2N4O3/c31-23-11-15-26(16-12-23)38-30(39-27-17-13-24(32)14-18-27)29(37)34-33-19-22-20-36(25-9-5-2-6-10-25)35-28(22)21-7-3-1-4-8-21/h1-20,30H,(H,34,37)/b33-19+. The van der Waals surface area contributed by atoms with Crippen LogP contribution < -0.4 is 14.9 Å². The molecule has 0 radical (unpaired) electrons. The zero-order chi connectivity index (χ0) is 27.0. The van der Waals surface area contributed by atoms with Crippen molar-refractivity contribution in [1.29, 1.82) is 0 Å². The minimum Gasteiger partial charge on any atom is -0.446 e. The Morgan fingerprint density at radius 3 is 1.90 bits per heavy atom. The molecule has 1 amide bonds. The molecule has 0 spiro atoms.